The van der Waals surface area contributed by atoms with E-state index >= 15 is 0 Å². The summed E-state index contributed by atoms with van der Waals surface area (Å²) in [6.07, 6.45) is 7.55. The second-order valence-corrected chi connectivity index (χ2v) is 8.00. The lowest BCUT2D eigenvalue weighted by atomic mass is 9.91. The Hall–Kier alpha value is -1.07. The molecule has 1 aromatic rings. The molecule has 2 aliphatic rings. The molecular weight excluding hydrogens is 284 g/mol. The van der Waals surface area contributed by atoms with E-state index in [1.165, 1.54) is 30.4 Å². The Morgan fingerprint density at radius 3 is 2.76 bits per heavy atom. The van der Waals surface area contributed by atoms with Crippen molar-refractivity contribution in [3.05, 3.63) is 29.3 Å². The van der Waals surface area contributed by atoms with Crippen LogP contribution in [0.5, 0.6) is 0 Å². The molecule has 5 heteroatoms. The first-order chi connectivity index (χ1) is 10.1. The highest BCUT2D eigenvalue weighted by molar-refractivity contribution is 7.92. The quantitative estimate of drug-likeness (QED) is 0.761. The molecule has 21 heavy (non-hydrogen) atoms. The third-order valence-electron chi connectivity index (χ3n) is 4.26. The highest BCUT2D eigenvalue weighted by atomic mass is 32.2. The third kappa shape index (κ3) is 4.20. The Kier molecular flexibility index (Phi) is 4.50. The van der Waals surface area contributed by atoms with Gasteiger partial charge in [-0.1, -0.05) is 12.1 Å². The molecule has 0 radical (unpaired) electrons. The summed E-state index contributed by atoms with van der Waals surface area (Å²) in [7, 11) is -3.24. The Morgan fingerprint density at radius 1 is 1.14 bits per heavy atom. The van der Waals surface area contributed by atoms with E-state index < -0.39 is 10.0 Å². The summed E-state index contributed by atoms with van der Waals surface area (Å²) in [4.78, 5) is 0. The Labute approximate surface area is 127 Å². The second kappa shape index (κ2) is 6.36. The number of anilines is 1. The molecule has 0 spiro atoms. The maximum Gasteiger partial charge on any atom is 0.232 e. The van der Waals surface area contributed by atoms with E-state index in [4.69, 9.17) is 0 Å². The fourth-order valence-corrected chi connectivity index (χ4v) is 4.10. The summed E-state index contributed by atoms with van der Waals surface area (Å²) in [5.41, 5.74) is 3.29. The first kappa shape index (κ1) is 14.9. The molecule has 1 saturated carbocycles. The number of hydrogen-bond acceptors (Lipinski definition) is 3. The van der Waals surface area contributed by atoms with Crippen molar-refractivity contribution in [2.75, 3.05) is 17.0 Å². The third-order valence-corrected chi connectivity index (χ3v) is 5.62. The summed E-state index contributed by atoms with van der Waals surface area (Å²) in [6, 6.07) is 6.61. The number of sulfonamides is 1. The first-order valence-electron chi connectivity index (χ1n) is 7.99. The molecule has 3 rings (SSSR count). The lowest BCUT2D eigenvalue weighted by molar-refractivity contribution is 0.593. The number of rotatable bonds is 7. The van der Waals surface area contributed by atoms with Crippen LogP contribution in [0.15, 0.2) is 18.2 Å². The maximum atomic E-state index is 12.2. The first-order valence-corrected chi connectivity index (χ1v) is 9.64. The van der Waals surface area contributed by atoms with Crippen molar-refractivity contribution in [1.29, 1.82) is 0 Å². The molecule has 1 aromatic carbocycles. The van der Waals surface area contributed by atoms with E-state index in [0.29, 0.717) is 12.5 Å². The zero-order valence-electron chi connectivity index (χ0n) is 12.4. The zero-order valence-corrected chi connectivity index (χ0v) is 13.2. The van der Waals surface area contributed by atoms with Gasteiger partial charge in [0, 0.05) is 6.04 Å². The summed E-state index contributed by atoms with van der Waals surface area (Å²) in [5, 5.41) is 3.35. The van der Waals surface area contributed by atoms with Gasteiger partial charge in [0.15, 0.2) is 0 Å². The van der Waals surface area contributed by atoms with Crippen molar-refractivity contribution in [3.8, 4) is 0 Å². The topological polar surface area (TPSA) is 58.2 Å². The summed E-state index contributed by atoms with van der Waals surface area (Å²) < 4.78 is 27.2. The Balaban J connectivity index is 1.59. The van der Waals surface area contributed by atoms with Crippen LogP contribution in [0, 0.1) is 0 Å². The van der Waals surface area contributed by atoms with E-state index in [-0.39, 0.29) is 5.75 Å². The molecule has 0 aromatic heterocycles. The van der Waals surface area contributed by atoms with Gasteiger partial charge in [-0.25, -0.2) is 8.42 Å². The molecule has 116 valence electrons. The molecule has 0 atom stereocenters. The standard InChI is InChI=1S/C16H24N2O2S/c19-21(20,12-4-11-17-14-9-10-14)18-16-8-3-6-13-5-1-2-7-15(13)16/h3,6,8,14,17-18H,1-2,4-5,7,9-12H2. The monoisotopic (exact) mass is 308 g/mol. The van der Waals surface area contributed by atoms with E-state index in [1.807, 2.05) is 12.1 Å². The van der Waals surface area contributed by atoms with E-state index in [1.54, 1.807) is 0 Å². The minimum absolute atomic E-state index is 0.191. The van der Waals surface area contributed by atoms with Gasteiger partial charge in [-0.3, -0.25) is 4.72 Å². The van der Waals surface area contributed by atoms with Crippen LogP contribution in [0.25, 0.3) is 0 Å². The molecule has 0 unspecified atom stereocenters. The molecule has 0 saturated heterocycles. The maximum absolute atomic E-state index is 12.2. The van der Waals surface area contributed by atoms with Crippen molar-refractivity contribution < 1.29 is 8.42 Å². The van der Waals surface area contributed by atoms with Crippen molar-refractivity contribution in [3.63, 3.8) is 0 Å². The SMILES string of the molecule is O=S(=O)(CCCNC1CC1)Nc1cccc2c1CCCC2. The fraction of sp³-hybridized carbons (Fsp3) is 0.625. The largest absolute Gasteiger partial charge is 0.314 e. The van der Waals surface area contributed by atoms with E-state index in [9.17, 15) is 8.42 Å². The predicted molar refractivity (Wildman–Crippen MR) is 86.1 cm³/mol. The Morgan fingerprint density at radius 2 is 1.95 bits per heavy atom. The molecular formula is C16H24N2O2S. The second-order valence-electron chi connectivity index (χ2n) is 6.15. The van der Waals surface area contributed by atoms with Crippen molar-refractivity contribution in [1.82, 2.24) is 5.32 Å². The van der Waals surface area contributed by atoms with Crippen molar-refractivity contribution in [2.24, 2.45) is 0 Å². The molecule has 2 N–H and O–H groups in total. The van der Waals surface area contributed by atoms with Gasteiger partial charge in [-0.2, -0.15) is 0 Å². The van der Waals surface area contributed by atoms with Gasteiger partial charge in [0.2, 0.25) is 10.0 Å². The number of nitrogens with one attached hydrogen (secondary N) is 2. The van der Waals surface area contributed by atoms with Crippen LogP contribution in [-0.4, -0.2) is 26.8 Å². The average Bonchev–Trinajstić information content (AvgIpc) is 3.28. The van der Waals surface area contributed by atoms with Crippen LogP contribution in [0.3, 0.4) is 0 Å². The summed E-state index contributed by atoms with van der Waals surface area (Å²) >= 11 is 0. The van der Waals surface area contributed by atoms with E-state index in [2.05, 4.69) is 16.1 Å². The fourth-order valence-electron chi connectivity index (χ4n) is 2.95. The van der Waals surface area contributed by atoms with E-state index in [0.717, 1.165) is 31.5 Å². The Bertz CT molecular complexity index is 594. The lowest BCUT2D eigenvalue weighted by Gasteiger charge is -2.20. The predicted octanol–water partition coefficient (Wildman–Crippen LogP) is 2.45. The van der Waals surface area contributed by atoms with Gasteiger partial charge < -0.3 is 5.32 Å². The molecule has 0 aliphatic heterocycles. The molecule has 0 heterocycles. The molecule has 4 nitrogen and oxygen atoms in total. The van der Waals surface area contributed by atoms with Gasteiger partial charge in [-0.05, 0) is 68.7 Å². The van der Waals surface area contributed by atoms with Crippen LogP contribution in [-0.2, 0) is 22.9 Å². The lowest BCUT2D eigenvalue weighted by Crippen LogP contribution is -2.24. The molecule has 0 amide bonds. The van der Waals surface area contributed by atoms with Gasteiger partial charge in [0.25, 0.3) is 0 Å². The number of benzene rings is 1. The van der Waals surface area contributed by atoms with Crippen LogP contribution in [0.4, 0.5) is 5.69 Å². The van der Waals surface area contributed by atoms with Gasteiger partial charge in [-0.15, -0.1) is 0 Å². The van der Waals surface area contributed by atoms with Gasteiger partial charge >= 0.3 is 0 Å². The average molecular weight is 308 g/mol. The minimum Gasteiger partial charge on any atom is -0.314 e. The van der Waals surface area contributed by atoms with Crippen molar-refractivity contribution in [2.45, 2.75) is 51.0 Å². The van der Waals surface area contributed by atoms with Crippen LogP contribution < -0.4 is 10.0 Å². The minimum atomic E-state index is -3.24. The van der Waals surface area contributed by atoms with Gasteiger partial charge in [0.05, 0.1) is 11.4 Å². The molecule has 0 bridgehead atoms. The van der Waals surface area contributed by atoms with Gasteiger partial charge in [0.1, 0.15) is 0 Å². The normalized spacial score (nSPS) is 18.3. The summed E-state index contributed by atoms with van der Waals surface area (Å²) in [6.45, 7) is 0.790. The highest BCUT2D eigenvalue weighted by Gasteiger charge is 2.20. The number of fused-ring (bicyclic) bond motifs is 1. The highest BCUT2D eigenvalue weighted by Crippen LogP contribution is 2.28. The van der Waals surface area contributed by atoms with Crippen LogP contribution in [0.2, 0.25) is 0 Å². The summed E-state index contributed by atoms with van der Waals surface area (Å²) in [5.74, 6) is 0.191. The van der Waals surface area contributed by atoms with Crippen LogP contribution >= 0.6 is 0 Å². The smallest absolute Gasteiger partial charge is 0.232 e. The number of aryl methyl sites for hydroxylation is 1. The number of hydrogen-bond donors (Lipinski definition) is 2. The van der Waals surface area contributed by atoms with Crippen molar-refractivity contribution >= 4 is 15.7 Å². The molecule has 2 aliphatic carbocycles. The molecule has 1 fully saturated rings. The zero-order chi connectivity index (χ0) is 14.7. The van der Waals surface area contributed by atoms with Crippen LogP contribution in [0.1, 0.15) is 43.2 Å².